The summed E-state index contributed by atoms with van der Waals surface area (Å²) < 4.78 is 0. The van der Waals surface area contributed by atoms with E-state index in [0.717, 1.165) is 11.3 Å². The second-order valence-corrected chi connectivity index (χ2v) is 2.31. The molecule has 0 bridgehead atoms. The number of allylic oxidation sites excluding steroid dienone is 4. The third kappa shape index (κ3) is 3.89. The largest absolute Gasteiger partial charge is 0.402 e. The molecule has 56 valence electrons. The minimum Gasteiger partial charge on any atom is -0.402 e. The summed E-state index contributed by atoms with van der Waals surface area (Å²) in [4.78, 5) is 10.4. The van der Waals surface area contributed by atoms with Gasteiger partial charge in [-0.2, -0.15) is 0 Å². The Kier molecular flexibility index (Phi) is 3.47. The van der Waals surface area contributed by atoms with Crippen LogP contribution in [0, 0.1) is 0 Å². The van der Waals surface area contributed by atoms with Gasteiger partial charge in [0.2, 0.25) is 0 Å². The fourth-order valence-electron chi connectivity index (χ4n) is 0.374. The normalized spacial score (nSPS) is 13.5. The molecule has 2 nitrogen and oxygen atoms in total. The Morgan fingerprint density at radius 2 is 1.70 bits per heavy atom. The molecule has 0 saturated carbocycles. The van der Waals surface area contributed by atoms with Crippen molar-refractivity contribution in [3.63, 3.8) is 0 Å². The lowest BCUT2D eigenvalue weighted by molar-refractivity contribution is -0.112. The van der Waals surface area contributed by atoms with Crippen molar-refractivity contribution in [3.05, 3.63) is 23.4 Å². The highest BCUT2D eigenvalue weighted by atomic mass is 16.1. The van der Waals surface area contributed by atoms with E-state index in [9.17, 15) is 4.79 Å². The number of hydrogen-bond acceptors (Lipinski definition) is 2. The zero-order valence-corrected chi connectivity index (χ0v) is 6.64. The van der Waals surface area contributed by atoms with E-state index in [-0.39, 0.29) is 5.78 Å². The topological polar surface area (TPSA) is 43.1 Å². The molecule has 0 aromatic heterocycles. The molecule has 0 aromatic carbocycles. The van der Waals surface area contributed by atoms with E-state index in [2.05, 4.69) is 0 Å². The van der Waals surface area contributed by atoms with Crippen LogP contribution in [0.25, 0.3) is 0 Å². The van der Waals surface area contributed by atoms with Gasteiger partial charge >= 0.3 is 0 Å². The molecule has 0 atom stereocenters. The van der Waals surface area contributed by atoms with E-state index in [4.69, 9.17) is 5.73 Å². The zero-order chi connectivity index (χ0) is 8.15. The Morgan fingerprint density at radius 3 is 2.00 bits per heavy atom. The predicted octanol–water partition coefficient (Wildman–Crippen LogP) is 1.38. The van der Waals surface area contributed by atoms with Gasteiger partial charge in [-0.1, -0.05) is 6.08 Å². The van der Waals surface area contributed by atoms with Crippen LogP contribution in [0.1, 0.15) is 20.8 Å². The van der Waals surface area contributed by atoms with Crippen LogP contribution in [0.15, 0.2) is 23.4 Å². The number of hydrogen-bond donors (Lipinski definition) is 1. The van der Waals surface area contributed by atoms with Crippen molar-refractivity contribution in [1.82, 2.24) is 0 Å². The van der Waals surface area contributed by atoms with E-state index >= 15 is 0 Å². The zero-order valence-electron chi connectivity index (χ0n) is 6.64. The molecule has 0 rings (SSSR count). The molecule has 0 aliphatic carbocycles. The smallest absolute Gasteiger partial charge is 0.152 e. The minimum atomic E-state index is 0.0422. The minimum absolute atomic E-state index is 0.0422. The van der Waals surface area contributed by atoms with Crippen molar-refractivity contribution in [1.29, 1.82) is 0 Å². The van der Waals surface area contributed by atoms with Crippen LogP contribution in [0.2, 0.25) is 0 Å². The van der Waals surface area contributed by atoms with Crippen LogP contribution < -0.4 is 5.73 Å². The molecule has 10 heavy (non-hydrogen) atoms. The number of rotatable bonds is 2. The van der Waals surface area contributed by atoms with Gasteiger partial charge in [0.1, 0.15) is 0 Å². The van der Waals surface area contributed by atoms with E-state index in [0.29, 0.717) is 0 Å². The third-order valence-electron chi connectivity index (χ3n) is 1.19. The molecule has 0 fully saturated rings. The Bertz CT molecular complexity index is 185. The van der Waals surface area contributed by atoms with Gasteiger partial charge < -0.3 is 5.73 Å². The number of ketones is 1. The van der Waals surface area contributed by atoms with Gasteiger partial charge in [-0.05, 0) is 32.4 Å². The highest BCUT2D eigenvalue weighted by Crippen LogP contribution is 1.97. The van der Waals surface area contributed by atoms with Crippen molar-refractivity contribution in [3.8, 4) is 0 Å². The quantitative estimate of drug-likeness (QED) is 0.464. The molecule has 0 aromatic rings. The predicted molar refractivity (Wildman–Crippen MR) is 42.4 cm³/mol. The molecule has 0 saturated heterocycles. The summed E-state index contributed by atoms with van der Waals surface area (Å²) in [6, 6.07) is 0. The number of carbonyl (C=O) groups excluding carboxylic acids is 1. The molecule has 2 N–H and O–H groups in total. The number of nitrogens with two attached hydrogens (primary N) is 1. The first-order chi connectivity index (χ1) is 4.54. The van der Waals surface area contributed by atoms with Gasteiger partial charge in [0.15, 0.2) is 5.78 Å². The first-order valence-electron chi connectivity index (χ1n) is 3.15. The van der Waals surface area contributed by atoms with Crippen LogP contribution >= 0.6 is 0 Å². The molecule has 0 aliphatic rings. The Balaban J connectivity index is 4.16. The maximum Gasteiger partial charge on any atom is 0.152 e. The maximum absolute atomic E-state index is 10.4. The summed E-state index contributed by atoms with van der Waals surface area (Å²) in [7, 11) is 0. The van der Waals surface area contributed by atoms with E-state index < -0.39 is 0 Å². The van der Waals surface area contributed by atoms with Crippen LogP contribution in [0.4, 0.5) is 0 Å². The molecule has 0 unspecified atom stereocenters. The van der Waals surface area contributed by atoms with Crippen molar-refractivity contribution in [2.24, 2.45) is 5.73 Å². The summed E-state index contributed by atoms with van der Waals surface area (Å²) in [5.41, 5.74) is 7.13. The van der Waals surface area contributed by atoms with Crippen LogP contribution in [-0.2, 0) is 4.79 Å². The van der Waals surface area contributed by atoms with Gasteiger partial charge in [0, 0.05) is 5.70 Å². The monoisotopic (exact) mass is 139 g/mol. The molecular formula is C8H13NO. The summed E-state index contributed by atoms with van der Waals surface area (Å²) in [5.74, 6) is 0.0422. The summed E-state index contributed by atoms with van der Waals surface area (Å²) in [6.07, 6.45) is 3.23. The lowest BCUT2D eigenvalue weighted by Crippen LogP contribution is -1.93. The molecule has 0 radical (unpaired) electrons. The second kappa shape index (κ2) is 3.88. The van der Waals surface area contributed by atoms with Crippen molar-refractivity contribution in [2.45, 2.75) is 20.8 Å². The average molecular weight is 139 g/mol. The average Bonchev–Trinajstić information content (AvgIpc) is 1.82. The number of carbonyl (C=O) groups is 1. The molecular weight excluding hydrogens is 126 g/mol. The van der Waals surface area contributed by atoms with E-state index in [1.54, 1.807) is 13.0 Å². The van der Waals surface area contributed by atoms with E-state index in [1.807, 2.05) is 6.92 Å². The lowest BCUT2D eigenvalue weighted by Gasteiger charge is -1.93. The Morgan fingerprint density at radius 1 is 1.20 bits per heavy atom. The highest BCUT2D eigenvalue weighted by molar-refractivity contribution is 5.87. The van der Waals surface area contributed by atoms with Crippen LogP contribution in [-0.4, -0.2) is 5.78 Å². The maximum atomic E-state index is 10.4. The van der Waals surface area contributed by atoms with Crippen LogP contribution in [0.3, 0.4) is 0 Å². The second-order valence-electron chi connectivity index (χ2n) is 2.31. The summed E-state index contributed by atoms with van der Waals surface area (Å²) in [5, 5.41) is 0. The molecule has 0 heterocycles. The third-order valence-corrected chi connectivity index (χ3v) is 1.19. The Labute approximate surface area is 61.4 Å². The fourth-order valence-corrected chi connectivity index (χ4v) is 0.374. The van der Waals surface area contributed by atoms with Gasteiger partial charge in [-0.25, -0.2) is 0 Å². The standard InChI is InChI=1S/C8H13NO/c1-6(8(3)9)4-5-7(2)10/h4-5H,9H2,1-3H3/b5-4-,8-6-. The van der Waals surface area contributed by atoms with E-state index in [1.165, 1.54) is 13.0 Å². The van der Waals surface area contributed by atoms with Crippen LogP contribution in [0.5, 0.6) is 0 Å². The first-order valence-corrected chi connectivity index (χ1v) is 3.15. The molecule has 0 spiro atoms. The lowest BCUT2D eigenvalue weighted by atomic mass is 10.2. The van der Waals surface area contributed by atoms with Crippen molar-refractivity contribution in [2.75, 3.05) is 0 Å². The summed E-state index contributed by atoms with van der Waals surface area (Å²) in [6.45, 7) is 5.18. The fraction of sp³-hybridized carbons (Fsp3) is 0.375. The Hall–Kier alpha value is -1.05. The van der Waals surface area contributed by atoms with Gasteiger partial charge in [-0.3, -0.25) is 4.79 Å². The SMILES string of the molecule is CC(=O)/C=C\C(C)=C(\C)N. The molecule has 0 amide bonds. The van der Waals surface area contributed by atoms with Crippen molar-refractivity contribution < 1.29 is 4.79 Å². The highest BCUT2D eigenvalue weighted by Gasteiger charge is 1.86. The van der Waals surface area contributed by atoms with Gasteiger partial charge in [0.25, 0.3) is 0 Å². The van der Waals surface area contributed by atoms with Gasteiger partial charge in [0.05, 0.1) is 0 Å². The van der Waals surface area contributed by atoms with Gasteiger partial charge in [-0.15, -0.1) is 0 Å². The molecule has 0 aliphatic heterocycles. The summed E-state index contributed by atoms with van der Waals surface area (Å²) >= 11 is 0. The molecule has 2 heteroatoms. The van der Waals surface area contributed by atoms with Crippen molar-refractivity contribution >= 4 is 5.78 Å². The first kappa shape index (κ1) is 8.95.